The number of rotatable bonds is 6. The monoisotopic (exact) mass is 356 g/mol. The zero-order valence-corrected chi connectivity index (χ0v) is 15.3. The molecule has 0 aliphatic rings. The molecule has 2 heterocycles. The molecule has 1 amide bonds. The predicted octanol–water partition coefficient (Wildman–Crippen LogP) is 3.58. The predicted molar refractivity (Wildman–Crippen MR) is 97.8 cm³/mol. The molecule has 1 aromatic carbocycles. The van der Waals surface area contributed by atoms with Gasteiger partial charge in [-0.15, -0.1) is 10.2 Å². The number of aryl methyl sites for hydroxylation is 3. The first-order valence-electron chi connectivity index (χ1n) is 7.93. The van der Waals surface area contributed by atoms with Crippen LogP contribution in [0.1, 0.15) is 22.5 Å². The van der Waals surface area contributed by atoms with Gasteiger partial charge in [-0.05, 0) is 44.0 Å². The number of anilines is 1. The second-order valence-electron chi connectivity index (χ2n) is 5.93. The van der Waals surface area contributed by atoms with Gasteiger partial charge in [0.2, 0.25) is 5.91 Å². The van der Waals surface area contributed by atoms with Crippen LogP contribution in [0.5, 0.6) is 0 Å². The second kappa shape index (κ2) is 7.57. The highest BCUT2D eigenvalue weighted by atomic mass is 32.2. The average molecular weight is 356 g/mol. The number of thioether (sulfide) groups is 1. The van der Waals surface area contributed by atoms with E-state index in [-0.39, 0.29) is 11.7 Å². The highest BCUT2D eigenvalue weighted by molar-refractivity contribution is 7.99. The summed E-state index contributed by atoms with van der Waals surface area (Å²) in [5.41, 5.74) is 4.20. The van der Waals surface area contributed by atoms with Crippen LogP contribution in [0.4, 0.5) is 5.69 Å². The van der Waals surface area contributed by atoms with Gasteiger partial charge < -0.3 is 14.3 Å². The molecule has 2 aromatic heterocycles. The van der Waals surface area contributed by atoms with Crippen LogP contribution in [0.2, 0.25) is 0 Å². The summed E-state index contributed by atoms with van der Waals surface area (Å²) in [7, 11) is 0. The Morgan fingerprint density at radius 3 is 2.72 bits per heavy atom. The second-order valence-corrected chi connectivity index (χ2v) is 6.87. The molecule has 1 N–H and O–H groups in total. The lowest BCUT2D eigenvalue weighted by Crippen LogP contribution is -2.16. The molecule has 0 atom stereocenters. The van der Waals surface area contributed by atoms with Crippen LogP contribution in [0.15, 0.2) is 46.4 Å². The molecule has 0 aliphatic carbocycles. The Hall–Kier alpha value is -2.54. The van der Waals surface area contributed by atoms with Crippen LogP contribution >= 0.6 is 11.8 Å². The minimum atomic E-state index is -0.0624. The Balaban J connectivity index is 1.61. The van der Waals surface area contributed by atoms with Crippen LogP contribution in [0.25, 0.3) is 0 Å². The fourth-order valence-corrected chi connectivity index (χ4v) is 3.43. The normalized spacial score (nSPS) is 10.8. The maximum atomic E-state index is 12.3. The van der Waals surface area contributed by atoms with Gasteiger partial charge in [-0.1, -0.05) is 29.5 Å². The molecule has 0 fully saturated rings. The molecule has 0 unspecified atom stereocenters. The summed E-state index contributed by atoms with van der Waals surface area (Å²) in [6, 6.07) is 7.86. The molecule has 3 rings (SSSR count). The maximum Gasteiger partial charge on any atom is 0.234 e. The molecular formula is C18H20N4O2S. The molecule has 0 bridgehead atoms. The Bertz CT molecular complexity index is 848. The molecule has 6 nitrogen and oxygen atoms in total. The van der Waals surface area contributed by atoms with Gasteiger partial charge in [-0.2, -0.15) is 0 Å². The summed E-state index contributed by atoms with van der Waals surface area (Å²) in [5, 5.41) is 11.7. The van der Waals surface area contributed by atoms with E-state index in [9.17, 15) is 4.79 Å². The van der Waals surface area contributed by atoms with Crippen molar-refractivity contribution in [3.63, 3.8) is 0 Å². The Morgan fingerprint density at radius 1 is 1.28 bits per heavy atom. The van der Waals surface area contributed by atoms with Crippen molar-refractivity contribution < 1.29 is 9.21 Å². The summed E-state index contributed by atoms with van der Waals surface area (Å²) in [5.74, 6) is 1.02. The van der Waals surface area contributed by atoms with Crippen LogP contribution in [-0.4, -0.2) is 26.4 Å². The van der Waals surface area contributed by atoms with E-state index in [4.69, 9.17) is 4.42 Å². The topological polar surface area (TPSA) is 73.0 Å². The van der Waals surface area contributed by atoms with Gasteiger partial charge in [0.05, 0.1) is 18.6 Å². The van der Waals surface area contributed by atoms with E-state index >= 15 is 0 Å². The van der Waals surface area contributed by atoms with Crippen molar-refractivity contribution in [2.75, 3.05) is 11.1 Å². The summed E-state index contributed by atoms with van der Waals surface area (Å²) < 4.78 is 7.20. The fourth-order valence-electron chi connectivity index (χ4n) is 2.72. The van der Waals surface area contributed by atoms with E-state index in [1.165, 1.54) is 17.3 Å². The van der Waals surface area contributed by atoms with Crippen molar-refractivity contribution in [2.45, 2.75) is 32.5 Å². The molecule has 3 aromatic rings. The van der Waals surface area contributed by atoms with Gasteiger partial charge >= 0.3 is 0 Å². The first kappa shape index (κ1) is 17.3. The fraction of sp³-hybridized carbons (Fsp3) is 0.278. The highest BCUT2D eigenvalue weighted by Gasteiger charge is 2.12. The molecule has 130 valence electrons. The summed E-state index contributed by atoms with van der Waals surface area (Å²) in [6.07, 6.45) is 3.27. The third kappa shape index (κ3) is 4.30. The first-order chi connectivity index (χ1) is 12.0. The average Bonchev–Trinajstić information content (AvgIpc) is 3.21. The van der Waals surface area contributed by atoms with Gasteiger partial charge in [0.15, 0.2) is 5.16 Å². The third-order valence-electron chi connectivity index (χ3n) is 3.76. The number of hydrogen-bond donors (Lipinski definition) is 1. The van der Waals surface area contributed by atoms with E-state index in [1.807, 2.05) is 37.5 Å². The van der Waals surface area contributed by atoms with Crippen LogP contribution < -0.4 is 5.32 Å². The summed E-state index contributed by atoms with van der Waals surface area (Å²) in [4.78, 5) is 12.3. The zero-order chi connectivity index (χ0) is 17.8. The van der Waals surface area contributed by atoms with Crippen LogP contribution in [0.3, 0.4) is 0 Å². The minimum absolute atomic E-state index is 0.0624. The van der Waals surface area contributed by atoms with Gasteiger partial charge in [-0.25, -0.2) is 0 Å². The Kier molecular flexibility index (Phi) is 5.23. The molecule has 0 radical (unpaired) electrons. The van der Waals surface area contributed by atoms with E-state index in [0.717, 1.165) is 22.6 Å². The number of carbonyl (C=O) groups is 1. The molecule has 0 saturated carbocycles. The van der Waals surface area contributed by atoms with Crippen molar-refractivity contribution in [2.24, 2.45) is 0 Å². The summed E-state index contributed by atoms with van der Waals surface area (Å²) >= 11 is 1.35. The van der Waals surface area contributed by atoms with Crippen molar-refractivity contribution in [1.82, 2.24) is 14.8 Å². The first-order valence-corrected chi connectivity index (χ1v) is 8.92. The highest BCUT2D eigenvalue weighted by Crippen LogP contribution is 2.23. The molecule has 0 spiro atoms. The van der Waals surface area contributed by atoms with Crippen molar-refractivity contribution in [3.05, 3.63) is 59.3 Å². The number of benzene rings is 1. The lowest BCUT2D eigenvalue weighted by atomic mass is 10.1. The molecule has 25 heavy (non-hydrogen) atoms. The smallest absolute Gasteiger partial charge is 0.234 e. The van der Waals surface area contributed by atoms with Crippen molar-refractivity contribution in [3.8, 4) is 0 Å². The zero-order valence-electron chi connectivity index (χ0n) is 14.4. The lowest BCUT2D eigenvalue weighted by molar-refractivity contribution is -0.113. The Labute approximate surface area is 150 Å². The van der Waals surface area contributed by atoms with Crippen molar-refractivity contribution in [1.29, 1.82) is 0 Å². The third-order valence-corrected chi connectivity index (χ3v) is 4.74. The van der Waals surface area contributed by atoms with E-state index < -0.39 is 0 Å². The number of aromatic nitrogens is 3. The van der Waals surface area contributed by atoms with Gasteiger partial charge in [0, 0.05) is 5.69 Å². The van der Waals surface area contributed by atoms with Crippen LogP contribution in [0, 0.1) is 20.8 Å². The number of amides is 1. The molecule has 7 heteroatoms. The Morgan fingerprint density at radius 2 is 2.04 bits per heavy atom. The van der Waals surface area contributed by atoms with E-state index in [2.05, 4.69) is 27.6 Å². The number of furan rings is 1. The van der Waals surface area contributed by atoms with Gasteiger partial charge in [-0.3, -0.25) is 4.79 Å². The molecule has 0 saturated heterocycles. The SMILES string of the molecule is Cc1cc(C)c(NC(=O)CSc2nncn2Cc2ccco2)c(C)c1. The van der Waals surface area contributed by atoms with Crippen LogP contribution in [-0.2, 0) is 11.3 Å². The van der Waals surface area contributed by atoms with Crippen molar-refractivity contribution >= 4 is 23.4 Å². The number of hydrogen-bond acceptors (Lipinski definition) is 5. The van der Waals surface area contributed by atoms with Gasteiger partial charge in [0.1, 0.15) is 12.1 Å². The van der Waals surface area contributed by atoms with E-state index in [0.29, 0.717) is 11.7 Å². The number of nitrogens with zero attached hydrogens (tertiary/aromatic N) is 3. The standard InChI is InChI=1S/C18H20N4O2S/c1-12-7-13(2)17(14(3)8-12)20-16(23)10-25-18-21-19-11-22(18)9-15-5-4-6-24-15/h4-8,11H,9-10H2,1-3H3,(H,20,23). The quantitative estimate of drug-likeness (QED) is 0.684. The largest absolute Gasteiger partial charge is 0.467 e. The maximum absolute atomic E-state index is 12.3. The summed E-state index contributed by atoms with van der Waals surface area (Å²) in [6.45, 7) is 6.60. The number of carbonyl (C=O) groups excluding carboxylic acids is 1. The molecular weight excluding hydrogens is 336 g/mol. The number of nitrogens with one attached hydrogen (secondary N) is 1. The van der Waals surface area contributed by atoms with E-state index in [1.54, 1.807) is 12.6 Å². The minimum Gasteiger partial charge on any atom is -0.467 e. The molecule has 0 aliphatic heterocycles. The van der Waals surface area contributed by atoms with Gasteiger partial charge in [0.25, 0.3) is 0 Å². The lowest BCUT2D eigenvalue weighted by Gasteiger charge is -2.12.